The van der Waals surface area contributed by atoms with Crippen LogP contribution in [0.5, 0.6) is 5.75 Å². The van der Waals surface area contributed by atoms with Crippen molar-refractivity contribution in [2.75, 3.05) is 6.61 Å². The third-order valence-corrected chi connectivity index (χ3v) is 2.93. The fourth-order valence-electron chi connectivity index (χ4n) is 1.98. The van der Waals surface area contributed by atoms with E-state index in [-0.39, 0.29) is 0 Å². The fourth-order valence-corrected chi connectivity index (χ4v) is 1.98. The molecule has 1 aromatic carbocycles. The molecule has 0 aliphatic carbocycles. The minimum atomic E-state index is -0.638. The summed E-state index contributed by atoms with van der Waals surface area (Å²) in [7, 11) is 0. The Labute approximate surface area is 113 Å². The van der Waals surface area contributed by atoms with Gasteiger partial charge < -0.3 is 9.84 Å². The molecule has 1 unspecified atom stereocenters. The smallest absolute Gasteiger partial charge is 0.119 e. The molecule has 4 heteroatoms. The van der Waals surface area contributed by atoms with Crippen molar-refractivity contribution in [1.29, 1.82) is 0 Å². The molecule has 0 saturated carbocycles. The van der Waals surface area contributed by atoms with E-state index in [2.05, 4.69) is 12.0 Å². The summed E-state index contributed by atoms with van der Waals surface area (Å²) in [4.78, 5) is 0. The molecule has 0 aliphatic heterocycles. The van der Waals surface area contributed by atoms with Crippen molar-refractivity contribution in [1.82, 2.24) is 9.78 Å². The third-order valence-electron chi connectivity index (χ3n) is 2.93. The van der Waals surface area contributed by atoms with Crippen molar-refractivity contribution in [2.24, 2.45) is 0 Å². The van der Waals surface area contributed by atoms with Crippen molar-refractivity contribution in [3.8, 4) is 5.75 Å². The molecule has 19 heavy (non-hydrogen) atoms. The van der Waals surface area contributed by atoms with Gasteiger partial charge in [-0.05, 0) is 31.0 Å². The standard InChI is InChI=1S/C15H20N2O2/c1-3-9-17-11-13(10-16-17)15(18)12-5-7-14(8-6-12)19-4-2/h5-8,10-11,15,18H,3-4,9H2,1-2H3. The van der Waals surface area contributed by atoms with E-state index in [1.807, 2.05) is 42.1 Å². The fraction of sp³-hybridized carbons (Fsp3) is 0.400. The lowest BCUT2D eigenvalue weighted by molar-refractivity contribution is 0.220. The maximum absolute atomic E-state index is 10.3. The number of aromatic nitrogens is 2. The summed E-state index contributed by atoms with van der Waals surface area (Å²) >= 11 is 0. The number of benzene rings is 1. The second kappa shape index (κ2) is 6.38. The van der Waals surface area contributed by atoms with Crippen LogP contribution in [0.3, 0.4) is 0 Å². The Morgan fingerprint density at radius 3 is 2.58 bits per heavy atom. The second-order valence-corrected chi connectivity index (χ2v) is 4.44. The van der Waals surface area contributed by atoms with Crippen LogP contribution in [0, 0.1) is 0 Å². The SMILES string of the molecule is CCCn1cc(C(O)c2ccc(OCC)cc2)cn1. The van der Waals surface area contributed by atoms with Crippen LogP contribution in [-0.2, 0) is 6.54 Å². The van der Waals surface area contributed by atoms with Gasteiger partial charge in [0.05, 0.1) is 12.8 Å². The molecule has 1 aromatic heterocycles. The van der Waals surface area contributed by atoms with Gasteiger partial charge in [0, 0.05) is 18.3 Å². The Morgan fingerprint density at radius 1 is 1.21 bits per heavy atom. The number of hydrogen-bond donors (Lipinski definition) is 1. The Bertz CT molecular complexity index is 505. The van der Waals surface area contributed by atoms with E-state index in [1.54, 1.807) is 6.20 Å². The van der Waals surface area contributed by atoms with Crippen LogP contribution in [0.15, 0.2) is 36.7 Å². The molecule has 0 radical (unpaired) electrons. The first-order chi connectivity index (χ1) is 9.24. The number of aliphatic hydroxyl groups excluding tert-OH is 1. The highest BCUT2D eigenvalue weighted by Crippen LogP contribution is 2.23. The monoisotopic (exact) mass is 260 g/mol. The van der Waals surface area contributed by atoms with Crippen molar-refractivity contribution < 1.29 is 9.84 Å². The molecule has 4 nitrogen and oxygen atoms in total. The Balaban J connectivity index is 2.11. The van der Waals surface area contributed by atoms with Gasteiger partial charge in [0.15, 0.2) is 0 Å². The zero-order chi connectivity index (χ0) is 13.7. The number of rotatable bonds is 6. The molecule has 0 amide bonds. The van der Waals surface area contributed by atoms with Gasteiger partial charge in [-0.15, -0.1) is 0 Å². The Morgan fingerprint density at radius 2 is 1.95 bits per heavy atom. The van der Waals surface area contributed by atoms with Crippen LogP contribution >= 0.6 is 0 Å². The zero-order valence-corrected chi connectivity index (χ0v) is 11.4. The van der Waals surface area contributed by atoms with Gasteiger partial charge in [-0.25, -0.2) is 0 Å². The highest BCUT2D eigenvalue weighted by Gasteiger charge is 2.12. The predicted octanol–water partition coefficient (Wildman–Crippen LogP) is 2.77. The first kappa shape index (κ1) is 13.6. The molecular weight excluding hydrogens is 240 g/mol. The van der Waals surface area contributed by atoms with E-state index in [4.69, 9.17) is 4.74 Å². The molecule has 0 aliphatic rings. The highest BCUT2D eigenvalue weighted by atomic mass is 16.5. The summed E-state index contributed by atoms with van der Waals surface area (Å²) in [6.45, 7) is 5.57. The van der Waals surface area contributed by atoms with E-state index in [0.29, 0.717) is 6.61 Å². The average Bonchev–Trinajstić information content (AvgIpc) is 2.88. The van der Waals surface area contributed by atoms with E-state index < -0.39 is 6.10 Å². The predicted molar refractivity (Wildman–Crippen MR) is 74.2 cm³/mol. The van der Waals surface area contributed by atoms with Gasteiger partial charge in [-0.3, -0.25) is 4.68 Å². The van der Waals surface area contributed by atoms with Gasteiger partial charge in [-0.1, -0.05) is 19.1 Å². The van der Waals surface area contributed by atoms with Crippen LogP contribution in [0.2, 0.25) is 0 Å². The number of hydrogen-bond acceptors (Lipinski definition) is 3. The normalized spacial score (nSPS) is 12.4. The van der Waals surface area contributed by atoms with E-state index in [9.17, 15) is 5.11 Å². The van der Waals surface area contributed by atoms with Gasteiger partial charge in [0.2, 0.25) is 0 Å². The van der Waals surface area contributed by atoms with Crippen LogP contribution in [0.1, 0.15) is 37.5 Å². The van der Waals surface area contributed by atoms with Crippen molar-refractivity contribution >= 4 is 0 Å². The molecule has 0 spiro atoms. The highest BCUT2D eigenvalue weighted by molar-refractivity contribution is 5.32. The lowest BCUT2D eigenvalue weighted by atomic mass is 10.0. The van der Waals surface area contributed by atoms with Crippen LogP contribution in [0.4, 0.5) is 0 Å². The summed E-state index contributed by atoms with van der Waals surface area (Å²) in [5.74, 6) is 0.820. The van der Waals surface area contributed by atoms with Gasteiger partial charge in [0.25, 0.3) is 0 Å². The van der Waals surface area contributed by atoms with Crippen molar-refractivity contribution in [2.45, 2.75) is 32.9 Å². The molecule has 0 fully saturated rings. The lowest BCUT2D eigenvalue weighted by Gasteiger charge is -2.10. The molecule has 102 valence electrons. The second-order valence-electron chi connectivity index (χ2n) is 4.44. The summed E-state index contributed by atoms with van der Waals surface area (Å²) in [6.07, 6.45) is 4.00. The van der Waals surface area contributed by atoms with Gasteiger partial charge in [-0.2, -0.15) is 5.10 Å². The summed E-state index contributed by atoms with van der Waals surface area (Å²) in [5.41, 5.74) is 1.66. The summed E-state index contributed by atoms with van der Waals surface area (Å²) < 4.78 is 7.24. The molecular formula is C15H20N2O2. The van der Waals surface area contributed by atoms with Crippen LogP contribution < -0.4 is 4.74 Å². The Kier molecular flexibility index (Phi) is 4.58. The number of aliphatic hydroxyl groups is 1. The van der Waals surface area contributed by atoms with Crippen LogP contribution in [-0.4, -0.2) is 21.5 Å². The maximum Gasteiger partial charge on any atom is 0.119 e. The van der Waals surface area contributed by atoms with Gasteiger partial charge in [0.1, 0.15) is 11.9 Å². The van der Waals surface area contributed by atoms with Gasteiger partial charge >= 0.3 is 0 Å². The topological polar surface area (TPSA) is 47.3 Å². The van der Waals surface area contributed by atoms with E-state index in [1.165, 1.54) is 0 Å². The minimum absolute atomic E-state index is 0.638. The molecule has 1 heterocycles. The Hall–Kier alpha value is -1.81. The quantitative estimate of drug-likeness (QED) is 0.868. The molecule has 1 atom stereocenters. The van der Waals surface area contributed by atoms with Crippen LogP contribution in [0.25, 0.3) is 0 Å². The third kappa shape index (κ3) is 3.35. The van der Waals surface area contributed by atoms with Crippen molar-refractivity contribution in [3.63, 3.8) is 0 Å². The van der Waals surface area contributed by atoms with Crippen molar-refractivity contribution in [3.05, 3.63) is 47.8 Å². The number of ether oxygens (including phenoxy) is 1. The number of aryl methyl sites for hydroxylation is 1. The largest absolute Gasteiger partial charge is 0.494 e. The van der Waals surface area contributed by atoms with E-state index >= 15 is 0 Å². The summed E-state index contributed by atoms with van der Waals surface area (Å²) in [5, 5.41) is 14.5. The first-order valence-electron chi connectivity index (χ1n) is 6.67. The molecule has 0 saturated heterocycles. The molecule has 2 aromatic rings. The molecule has 0 bridgehead atoms. The molecule has 2 rings (SSSR count). The zero-order valence-electron chi connectivity index (χ0n) is 11.4. The number of nitrogens with zero attached hydrogens (tertiary/aromatic N) is 2. The maximum atomic E-state index is 10.3. The molecule has 1 N–H and O–H groups in total. The lowest BCUT2D eigenvalue weighted by Crippen LogP contribution is -2.00. The minimum Gasteiger partial charge on any atom is -0.494 e. The summed E-state index contributed by atoms with van der Waals surface area (Å²) in [6, 6.07) is 7.51. The first-order valence-corrected chi connectivity index (χ1v) is 6.67. The average molecular weight is 260 g/mol. The van der Waals surface area contributed by atoms with E-state index in [0.717, 1.165) is 29.8 Å².